The van der Waals surface area contributed by atoms with Crippen molar-refractivity contribution in [3.63, 3.8) is 0 Å². The highest BCUT2D eigenvalue weighted by Crippen LogP contribution is 2.46. The fraction of sp³-hybridized carbons (Fsp3) is 0.474. The van der Waals surface area contributed by atoms with E-state index in [1.165, 1.54) is 43.2 Å². The van der Waals surface area contributed by atoms with Gasteiger partial charge in [-0.2, -0.15) is 5.10 Å². The van der Waals surface area contributed by atoms with Crippen molar-refractivity contribution in [1.82, 2.24) is 19.7 Å². The van der Waals surface area contributed by atoms with Gasteiger partial charge in [-0.3, -0.25) is 9.48 Å². The highest BCUT2D eigenvalue weighted by atomic mass is 32.2. The van der Waals surface area contributed by atoms with E-state index in [4.69, 9.17) is 5.73 Å². The van der Waals surface area contributed by atoms with Crippen LogP contribution in [0.15, 0.2) is 29.4 Å². The van der Waals surface area contributed by atoms with E-state index in [0.717, 1.165) is 11.8 Å². The predicted octanol–water partition coefficient (Wildman–Crippen LogP) is 3.57. The summed E-state index contributed by atoms with van der Waals surface area (Å²) in [5.41, 5.74) is 5.19. The number of nitrogens with one attached hydrogen (secondary N) is 1. The van der Waals surface area contributed by atoms with Gasteiger partial charge in [-0.15, -0.1) is 0 Å². The van der Waals surface area contributed by atoms with E-state index in [1.54, 1.807) is 4.90 Å². The van der Waals surface area contributed by atoms with E-state index in [-0.39, 0.29) is 16.6 Å². The van der Waals surface area contributed by atoms with Crippen LogP contribution in [-0.4, -0.2) is 49.7 Å². The van der Waals surface area contributed by atoms with Crippen molar-refractivity contribution in [2.75, 3.05) is 18.4 Å². The molecule has 3 N–H and O–H groups in total. The molecule has 1 atom stereocenters. The monoisotopic (exact) mass is 456 g/mol. The van der Waals surface area contributed by atoms with Crippen LogP contribution in [0.5, 0.6) is 0 Å². The molecular formula is C19H23F3N6O2S. The van der Waals surface area contributed by atoms with Gasteiger partial charge < -0.3 is 16.0 Å². The number of carbonyl (C=O) groups excluding carboxylic acids is 2. The minimum atomic E-state index is -2.78. The quantitative estimate of drug-likeness (QED) is 0.647. The number of likely N-dealkylation sites (tertiary alicyclic amines) is 1. The van der Waals surface area contributed by atoms with Crippen molar-refractivity contribution in [1.29, 1.82) is 0 Å². The maximum absolute atomic E-state index is 15.4. The number of pyridine rings is 1. The number of nitrogens with zero attached hydrogens (tertiary/aromatic N) is 4. The number of carbonyl (C=O) groups is 2. The zero-order chi connectivity index (χ0) is 22.8. The number of hydrogen-bond donors (Lipinski definition) is 2. The minimum absolute atomic E-state index is 0.0853. The molecule has 0 saturated carbocycles. The van der Waals surface area contributed by atoms with Crippen LogP contribution in [0, 0.1) is 5.92 Å². The molecule has 1 aliphatic rings. The zero-order valence-electron chi connectivity index (χ0n) is 17.0. The van der Waals surface area contributed by atoms with Gasteiger partial charge in [-0.05, 0) is 31.9 Å². The van der Waals surface area contributed by atoms with Crippen LogP contribution < -0.4 is 11.1 Å². The number of nitrogens with two attached hydrogens (primary N) is 1. The first-order chi connectivity index (χ1) is 14.6. The summed E-state index contributed by atoms with van der Waals surface area (Å²) >= 11 is 0.749. The Labute approximate surface area is 181 Å². The number of urea groups is 1. The molecule has 168 valence electrons. The Morgan fingerprint density at radius 2 is 2.00 bits per heavy atom. The molecule has 0 spiro atoms. The largest absolute Gasteiger partial charge is 0.364 e. The van der Waals surface area contributed by atoms with Gasteiger partial charge in [0, 0.05) is 32.3 Å². The number of halogens is 3. The van der Waals surface area contributed by atoms with Crippen molar-refractivity contribution >= 4 is 29.4 Å². The first-order valence-corrected chi connectivity index (χ1v) is 10.4. The smallest absolute Gasteiger partial charge is 0.321 e. The van der Waals surface area contributed by atoms with E-state index < -0.39 is 28.9 Å². The van der Waals surface area contributed by atoms with Gasteiger partial charge in [-0.25, -0.2) is 22.9 Å². The summed E-state index contributed by atoms with van der Waals surface area (Å²) < 4.78 is 43.0. The molecule has 3 rings (SSSR count). The fourth-order valence-corrected chi connectivity index (χ4v) is 4.70. The molecule has 0 bridgehead atoms. The Hall–Kier alpha value is -2.76. The maximum Gasteiger partial charge on any atom is 0.321 e. The second-order valence-corrected chi connectivity index (χ2v) is 8.87. The van der Waals surface area contributed by atoms with E-state index in [0.29, 0.717) is 31.6 Å². The number of rotatable bonds is 6. The maximum atomic E-state index is 15.4. The molecule has 1 saturated heterocycles. The van der Waals surface area contributed by atoms with Crippen LogP contribution in [0.25, 0.3) is 0 Å². The molecule has 0 aliphatic carbocycles. The lowest BCUT2D eigenvalue weighted by Gasteiger charge is -2.37. The van der Waals surface area contributed by atoms with Gasteiger partial charge in [0.25, 0.3) is 12.3 Å². The van der Waals surface area contributed by atoms with Crippen LogP contribution in [0.4, 0.5) is 23.7 Å². The second kappa shape index (κ2) is 9.16. The Bertz CT molecular complexity index is 943. The summed E-state index contributed by atoms with van der Waals surface area (Å²) in [6.07, 6.45) is 0.711. The van der Waals surface area contributed by atoms with Gasteiger partial charge >= 0.3 is 6.03 Å². The third-order valence-electron chi connectivity index (χ3n) is 5.12. The van der Waals surface area contributed by atoms with Gasteiger partial charge in [-0.1, -0.05) is 11.8 Å². The van der Waals surface area contributed by atoms with Crippen LogP contribution in [0.1, 0.15) is 42.4 Å². The van der Waals surface area contributed by atoms with Crippen LogP contribution in [-0.2, 0) is 7.05 Å². The van der Waals surface area contributed by atoms with Gasteiger partial charge in [0.05, 0.1) is 16.8 Å². The molecule has 0 radical (unpaired) electrons. The Morgan fingerprint density at radius 3 is 2.55 bits per heavy atom. The molecule has 3 heterocycles. The topological polar surface area (TPSA) is 106 Å². The Balaban J connectivity index is 1.56. The van der Waals surface area contributed by atoms with Crippen molar-refractivity contribution in [3.05, 3.63) is 35.9 Å². The number of piperidine rings is 1. The number of thioether (sulfide) groups is 1. The van der Waals surface area contributed by atoms with E-state index in [1.807, 2.05) is 0 Å². The third kappa shape index (κ3) is 5.49. The third-order valence-corrected chi connectivity index (χ3v) is 6.38. The van der Waals surface area contributed by atoms with Crippen LogP contribution >= 0.6 is 11.8 Å². The fourth-order valence-electron chi connectivity index (χ4n) is 3.43. The average molecular weight is 456 g/mol. The number of hydrogen-bond acceptors (Lipinski definition) is 5. The molecule has 1 aliphatic heterocycles. The van der Waals surface area contributed by atoms with E-state index in [2.05, 4.69) is 15.4 Å². The Kier molecular flexibility index (Phi) is 6.77. The predicted molar refractivity (Wildman–Crippen MR) is 110 cm³/mol. The first-order valence-electron chi connectivity index (χ1n) is 9.58. The minimum Gasteiger partial charge on any atom is -0.364 e. The molecule has 1 fully saturated rings. The molecule has 31 heavy (non-hydrogen) atoms. The highest BCUT2D eigenvalue weighted by molar-refractivity contribution is 8.00. The molecule has 2 aromatic rings. The number of aromatic nitrogens is 3. The van der Waals surface area contributed by atoms with E-state index in [9.17, 15) is 18.4 Å². The standard InChI is InChI=1S/C19H23F3N6O2S/c1-19(22,31-14-10-27(2)26-15(14)16(20)21)11-5-7-28(8-6-11)18(30)25-12-3-4-13(17(23)29)24-9-12/h3-4,9-11,16H,5-8H2,1-2H3,(H2,23,29)(H,25,30)/t19-/m1/s1. The van der Waals surface area contributed by atoms with Crippen molar-refractivity contribution in [2.24, 2.45) is 18.7 Å². The molecule has 12 heteroatoms. The summed E-state index contributed by atoms with van der Waals surface area (Å²) in [5, 5.41) is 4.60. The number of aryl methyl sites for hydroxylation is 1. The average Bonchev–Trinajstić information content (AvgIpc) is 3.08. The SMILES string of the molecule is Cn1cc(S[C@@](C)(F)C2CCN(C(=O)Nc3ccc(C(N)=O)nc3)CC2)c(C(F)F)n1. The van der Waals surface area contributed by atoms with Crippen molar-refractivity contribution < 1.29 is 22.8 Å². The summed E-state index contributed by atoms with van der Waals surface area (Å²) in [4.78, 5) is 29.0. The van der Waals surface area contributed by atoms with Gasteiger partial charge in [0.15, 0.2) is 5.00 Å². The number of alkyl halides is 3. The molecule has 0 unspecified atom stereocenters. The van der Waals surface area contributed by atoms with Gasteiger partial charge in [0.2, 0.25) is 0 Å². The van der Waals surface area contributed by atoms with Crippen molar-refractivity contribution in [3.8, 4) is 0 Å². The Morgan fingerprint density at radius 1 is 1.32 bits per heavy atom. The first kappa shape index (κ1) is 22.9. The number of primary amides is 1. The lowest BCUT2D eigenvalue weighted by Crippen LogP contribution is -2.44. The molecule has 8 nitrogen and oxygen atoms in total. The summed E-state index contributed by atoms with van der Waals surface area (Å²) in [6, 6.07) is 2.55. The summed E-state index contributed by atoms with van der Waals surface area (Å²) in [6.45, 7) is 2.02. The lowest BCUT2D eigenvalue weighted by atomic mass is 9.92. The summed E-state index contributed by atoms with van der Waals surface area (Å²) in [7, 11) is 1.51. The molecular weight excluding hydrogens is 433 g/mol. The highest BCUT2D eigenvalue weighted by Gasteiger charge is 2.40. The van der Waals surface area contributed by atoms with Crippen LogP contribution in [0.2, 0.25) is 0 Å². The van der Waals surface area contributed by atoms with Crippen molar-refractivity contribution in [2.45, 2.75) is 36.1 Å². The molecule has 3 amide bonds. The zero-order valence-corrected chi connectivity index (χ0v) is 17.8. The second-order valence-electron chi connectivity index (χ2n) is 7.43. The number of anilines is 1. The molecule has 0 aromatic carbocycles. The van der Waals surface area contributed by atoms with Crippen LogP contribution in [0.3, 0.4) is 0 Å². The van der Waals surface area contributed by atoms with E-state index >= 15 is 4.39 Å². The lowest BCUT2D eigenvalue weighted by molar-refractivity contribution is 0.0995. The summed E-state index contributed by atoms with van der Waals surface area (Å²) in [5.74, 6) is -1.08. The molecule has 2 aromatic heterocycles. The van der Waals surface area contributed by atoms with Gasteiger partial charge in [0.1, 0.15) is 11.4 Å². The number of amides is 3. The normalized spacial score (nSPS) is 16.9.